The Hall–Kier alpha value is -4.20. The fraction of sp³-hybridized carbons (Fsp3) is 0.105. The minimum absolute atomic E-state index is 0.0786. The monoisotopic (exact) mass is 411 g/mol. The van der Waals surface area contributed by atoms with Gasteiger partial charge in [-0.1, -0.05) is 12.1 Å². The normalized spacial score (nSPS) is 11.4. The maximum absolute atomic E-state index is 13.4. The molecule has 1 aromatic carbocycles. The van der Waals surface area contributed by atoms with Crippen molar-refractivity contribution in [2.24, 2.45) is 7.05 Å². The van der Waals surface area contributed by atoms with Gasteiger partial charge in [0.2, 0.25) is 5.82 Å². The van der Waals surface area contributed by atoms with Crippen LogP contribution in [0.5, 0.6) is 0 Å². The van der Waals surface area contributed by atoms with Crippen molar-refractivity contribution in [2.45, 2.75) is 6.18 Å². The minimum Gasteiger partial charge on any atom is -0.339 e. The first kappa shape index (κ1) is 19.1. The van der Waals surface area contributed by atoms with Crippen LogP contribution in [0.15, 0.2) is 42.7 Å². The molecular formula is C19H12F3N7O. The summed E-state index contributed by atoms with van der Waals surface area (Å²) >= 11 is 0. The number of hydrogen-bond donors (Lipinski definition) is 2. The third-order valence-electron chi connectivity index (χ3n) is 4.36. The number of H-pyrrole nitrogens is 1. The molecule has 8 nitrogen and oxygen atoms in total. The first-order valence-electron chi connectivity index (χ1n) is 8.50. The lowest BCUT2D eigenvalue weighted by molar-refractivity contribution is -0.137. The second-order valence-corrected chi connectivity index (χ2v) is 6.32. The van der Waals surface area contributed by atoms with Crippen LogP contribution in [0.2, 0.25) is 0 Å². The quantitative estimate of drug-likeness (QED) is 0.495. The number of halogens is 3. The van der Waals surface area contributed by atoms with E-state index in [9.17, 15) is 18.0 Å². The molecule has 0 aliphatic rings. The van der Waals surface area contributed by atoms with Gasteiger partial charge in [-0.05, 0) is 29.8 Å². The number of rotatable bonds is 3. The van der Waals surface area contributed by atoms with Crippen molar-refractivity contribution in [3.63, 3.8) is 0 Å². The highest BCUT2D eigenvalue weighted by Crippen LogP contribution is 2.39. The number of carbonyl (C=O) groups is 1. The molecule has 1 amide bonds. The number of benzene rings is 1. The summed E-state index contributed by atoms with van der Waals surface area (Å²) in [6.45, 7) is 7.07. The van der Waals surface area contributed by atoms with E-state index in [1.807, 2.05) is 0 Å². The van der Waals surface area contributed by atoms with Gasteiger partial charge in [0, 0.05) is 18.1 Å². The maximum Gasteiger partial charge on any atom is 0.416 e. The highest BCUT2D eigenvalue weighted by atomic mass is 19.4. The predicted molar refractivity (Wildman–Crippen MR) is 102 cm³/mol. The number of aromatic amines is 1. The van der Waals surface area contributed by atoms with Crippen molar-refractivity contribution in [1.82, 2.24) is 24.7 Å². The molecule has 0 aliphatic carbocycles. The fourth-order valence-corrected chi connectivity index (χ4v) is 2.97. The van der Waals surface area contributed by atoms with Crippen LogP contribution in [0.3, 0.4) is 0 Å². The molecule has 0 radical (unpaired) electrons. The molecule has 0 saturated heterocycles. The molecular weight excluding hydrogens is 399 g/mol. The van der Waals surface area contributed by atoms with E-state index in [4.69, 9.17) is 6.57 Å². The molecule has 0 saturated carbocycles. The number of pyridine rings is 1. The van der Waals surface area contributed by atoms with Gasteiger partial charge in [0.15, 0.2) is 5.69 Å². The van der Waals surface area contributed by atoms with Gasteiger partial charge in [0.25, 0.3) is 5.91 Å². The van der Waals surface area contributed by atoms with Crippen LogP contribution in [-0.4, -0.2) is 30.6 Å². The van der Waals surface area contributed by atoms with Crippen LogP contribution in [0.25, 0.3) is 27.1 Å². The SMILES string of the molecule is [C-]#[N+]c1ccc(C(F)(F)F)c(-c2cc3ccc(NC(=O)c4ncnn4C)nc3[nH]2)c1. The van der Waals surface area contributed by atoms with Crippen molar-refractivity contribution in [3.8, 4) is 11.3 Å². The summed E-state index contributed by atoms with van der Waals surface area (Å²) in [4.78, 5) is 26.4. The number of carbonyl (C=O) groups excluding carboxylic acids is 1. The molecule has 0 unspecified atom stereocenters. The molecule has 0 aliphatic heterocycles. The highest BCUT2D eigenvalue weighted by Gasteiger charge is 2.34. The highest BCUT2D eigenvalue weighted by molar-refractivity contribution is 6.01. The van der Waals surface area contributed by atoms with E-state index in [2.05, 4.69) is 30.2 Å². The van der Waals surface area contributed by atoms with Crippen LogP contribution >= 0.6 is 0 Å². The van der Waals surface area contributed by atoms with Gasteiger partial charge < -0.3 is 10.3 Å². The van der Waals surface area contributed by atoms with Crippen molar-refractivity contribution < 1.29 is 18.0 Å². The number of aromatic nitrogens is 5. The fourth-order valence-electron chi connectivity index (χ4n) is 2.97. The summed E-state index contributed by atoms with van der Waals surface area (Å²) in [7, 11) is 1.56. The third kappa shape index (κ3) is 3.46. The minimum atomic E-state index is -4.59. The number of nitrogens with zero attached hydrogens (tertiary/aromatic N) is 5. The lowest BCUT2D eigenvalue weighted by Gasteiger charge is -2.12. The zero-order chi connectivity index (χ0) is 21.5. The number of anilines is 1. The zero-order valence-electron chi connectivity index (χ0n) is 15.3. The molecule has 0 atom stereocenters. The van der Waals surface area contributed by atoms with Crippen LogP contribution in [0.4, 0.5) is 24.7 Å². The Kier molecular flexibility index (Phi) is 4.46. The van der Waals surface area contributed by atoms with Crippen LogP contribution < -0.4 is 5.32 Å². The Morgan fingerprint density at radius 1 is 1.23 bits per heavy atom. The van der Waals surface area contributed by atoms with Gasteiger partial charge in [-0.25, -0.2) is 19.5 Å². The topological polar surface area (TPSA) is 92.8 Å². The van der Waals surface area contributed by atoms with Gasteiger partial charge >= 0.3 is 6.18 Å². The average molecular weight is 411 g/mol. The second kappa shape index (κ2) is 7.00. The van der Waals surface area contributed by atoms with Crippen LogP contribution in [-0.2, 0) is 13.2 Å². The number of hydrogen-bond acceptors (Lipinski definition) is 4. The van der Waals surface area contributed by atoms with Gasteiger partial charge in [-0.2, -0.15) is 18.3 Å². The Bertz CT molecular complexity index is 1310. The smallest absolute Gasteiger partial charge is 0.339 e. The summed E-state index contributed by atoms with van der Waals surface area (Å²) in [5.41, 5.74) is -0.494. The predicted octanol–water partition coefficient (Wildman–Crippen LogP) is 4.18. The first-order chi connectivity index (χ1) is 14.3. The number of aryl methyl sites for hydroxylation is 1. The van der Waals surface area contributed by atoms with E-state index in [1.165, 1.54) is 29.2 Å². The molecule has 4 aromatic rings. The molecule has 0 fully saturated rings. The number of alkyl halides is 3. The summed E-state index contributed by atoms with van der Waals surface area (Å²) in [5, 5.41) is 6.93. The number of fused-ring (bicyclic) bond motifs is 1. The third-order valence-corrected chi connectivity index (χ3v) is 4.36. The molecule has 150 valence electrons. The zero-order valence-corrected chi connectivity index (χ0v) is 15.3. The van der Waals surface area contributed by atoms with E-state index in [-0.39, 0.29) is 34.2 Å². The maximum atomic E-state index is 13.4. The van der Waals surface area contributed by atoms with E-state index < -0.39 is 17.6 Å². The van der Waals surface area contributed by atoms with Crippen LogP contribution in [0, 0.1) is 6.57 Å². The summed E-state index contributed by atoms with van der Waals surface area (Å²) < 4.78 is 41.6. The Balaban J connectivity index is 1.73. The molecule has 0 spiro atoms. The van der Waals surface area contributed by atoms with E-state index >= 15 is 0 Å². The molecule has 3 aromatic heterocycles. The van der Waals surface area contributed by atoms with Crippen molar-refractivity contribution >= 4 is 28.4 Å². The van der Waals surface area contributed by atoms with E-state index in [0.717, 1.165) is 12.1 Å². The Morgan fingerprint density at radius 3 is 2.70 bits per heavy atom. The lowest BCUT2D eigenvalue weighted by Crippen LogP contribution is -2.18. The molecule has 4 rings (SSSR count). The van der Waals surface area contributed by atoms with E-state index in [0.29, 0.717) is 5.39 Å². The average Bonchev–Trinajstić information content (AvgIpc) is 3.32. The van der Waals surface area contributed by atoms with Crippen molar-refractivity contribution in [1.29, 1.82) is 0 Å². The first-order valence-corrected chi connectivity index (χ1v) is 8.50. The number of amides is 1. The number of nitrogens with one attached hydrogen (secondary N) is 2. The lowest BCUT2D eigenvalue weighted by atomic mass is 10.0. The Labute approximate surface area is 167 Å². The standard InChI is InChI=1S/C19H12F3N7O/c1-23-11-4-5-13(19(20,21)22)12(8-11)14-7-10-3-6-15(27-16(10)26-14)28-18(30)17-24-9-25-29(17)2/h3-9H,2H3,(H2,26,27,28,30). The van der Waals surface area contributed by atoms with Gasteiger partial charge in [-0.15, -0.1) is 0 Å². The summed E-state index contributed by atoms with van der Waals surface area (Å²) in [6, 6.07) is 7.83. The Morgan fingerprint density at radius 2 is 2.03 bits per heavy atom. The van der Waals surface area contributed by atoms with E-state index in [1.54, 1.807) is 13.1 Å². The van der Waals surface area contributed by atoms with Gasteiger partial charge in [0.1, 0.15) is 17.8 Å². The van der Waals surface area contributed by atoms with Crippen molar-refractivity contribution in [3.05, 3.63) is 65.5 Å². The van der Waals surface area contributed by atoms with Gasteiger partial charge in [0.05, 0.1) is 12.1 Å². The van der Waals surface area contributed by atoms with Crippen LogP contribution in [0.1, 0.15) is 16.2 Å². The summed E-state index contributed by atoms with van der Waals surface area (Å²) in [5.74, 6) is -0.262. The second-order valence-electron chi connectivity index (χ2n) is 6.32. The molecule has 0 bridgehead atoms. The molecule has 2 N–H and O–H groups in total. The molecule has 30 heavy (non-hydrogen) atoms. The largest absolute Gasteiger partial charge is 0.416 e. The molecule has 3 heterocycles. The summed E-state index contributed by atoms with van der Waals surface area (Å²) in [6.07, 6.45) is -3.35. The van der Waals surface area contributed by atoms with Crippen molar-refractivity contribution in [2.75, 3.05) is 5.32 Å². The van der Waals surface area contributed by atoms with Gasteiger partial charge in [-0.3, -0.25) is 4.79 Å². The molecule has 11 heteroatoms.